The van der Waals surface area contributed by atoms with E-state index in [-0.39, 0.29) is 5.56 Å². The fourth-order valence-electron chi connectivity index (χ4n) is 1.43. The van der Waals surface area contributed by atoms with Crippen LogP contribution in [0.5, 0.6) is 0 Å². The molecule has 2 heterocycles. The van der Waals surface area contributed by atoms with E-state index in [2.05, 4.69) is 31.2 Å². The van der Waals surface area contributed by atoms with Gasteiger partial charge in [-0.2, -0.15) is 0 Å². The van der Waals surface area contributed by atoms with Gasteiger partial charge in [-0.15, -0.1) is 11.3 Å². The predicted molar refractivity (Wildman–Crippen MR) is 71.6 cm³/mol. The number of hydrogen-bond acceptors (Lipinski definition) is 5. The molecule has 2 N–H and O–H groups in total. The van der Waals surface area contributed by atoms with Crippen LogP contribution in [0.3, 0.4) is 0 Å². The highest BCUT2D eigenvalue weighted by Crippen LogP contribution is 2.21. The highest BCUT2D eigenvalue weighted by atomic mass is 79.9. The number of nitrogens with zero attached hydrogens (tertiary/aromatic N) is 2. The smallest absolute Gasteiger partial charge is 0.339 e. The van der Waals surface area contributed by atoms with Crippen LogP contribution in [0.1, 0.15) is 20.9 Å². The third-order valence-corrected chi connectivity index (χ3v) is 3.87. The topological polar surface area (TPSA) is 75.1 Å². The molecule has 0 saturated heterocycles. The van der Waals surface area contributed by atoms with Gasteiger partial charge >= 0.3 is 5.97 Å². The van der Waals surface area contributed by atoms with Crippen molar-refractivity contribution in [3.63, 3.8) is 0 Å². The molecule has 18 heavy (non-hydrogen) atoms. The van der Waals surface area contributed by atoms with Crippen molar-refractivity contribution in [2.75, 3.05) is 0 Å². The Kier molecular flexibility index (Phi) is 4.40. The lowest BCUT2D eigenvalue weighted by Crippen LogP contribution is -2.16. The van der Waals surface area contributed by atoms with Crippen LogP contribution in [0.4, 0.5) is 0 Å². The van der Waals surface area contributed by atoms with Gasteiger partial charge < -0.3 is 10.4 Å². The van der Waals surface area contributed by atoms with Crippen LogP contribution in [0, 0.1) is 0 Å². The van der Waals surface area contributed by atoms with E-state index in [0.29, 0.717) is 18.8 Å². The molecule has 0 atom stereocenters. The largest absolute Gasteiger partial charge is 0.478 e. The number of aromatic nitrogens is 2. The molecule has 0 fully saturated rings. The molecular formula is C11H10BrN3O2S. The van der Waals surface area contributed by atoms with Gasteiger partial charge in [0.2, 0.25) is 0 Å². The molecule has 0 unspecified atom stereocenters. The van der Waals surface area contributed by atoms with Crippen molar-refractivity contribution in [2.45, 2.75) is 13.1 Å². The molecule has 0 aliphatic rings. The van der Waals surface area contributed by atoms with Gasteiger partial charge in [0, 0.05) is 24.2 Å². The number of carbonyl (C=O) groups is 1. The van der Waals surface area contributed by atoms with E-state index < -0.39 is 5.97 Å². The van der Waals surface area contributed by atoms with Gasteiger partial charge in [0.15, 0.2) is 0 Å². The Bertz CT molecular complexity index is 559. The molecule has 0 bridgehead atoms. The first-order valence-electron chi connectivity index (χ1n) is 5.14. The second kappa shape index (κ2) is 6.03. The maximum absolute atomic E-state index is 10.9. The van der Waals surface area contributed by atoms with Crippen LogP contribution in [0.2, 0.25) is 0 Å². The van der Waals surface area contributed by atoms with Crippen LogP contribution in [-0.4, -0.2) is 21.0 Å². The van der Waals surface area contributed by atoms with Gasteiger partial charge in [-0.3, -0.25) is 0 Å². The molecule has 5 nitrogen and oxygen atoms in total. The molecule has 7 heteroatoms. The predicted octanol–water partition coefficient (Wildman–Crippen LogP) is 2.29. The summed E-state index contributed by atoms with van der Waals surface area (Å²) in [5.41, 5.74) is 0.630. The summed E-state index contributed by atoms with van der Waals surface area (Å²) in [7, 11) is 0. The molecule has 0 aliphatic carbocycles. The van der Waals surface area contributed by atoms with Gasteiger partial charge in [0.1, 0.15) is 11.9 Å². The summed E-state index contributed by atoms with van der Waals surface area (Å²) in [5.74, 6) is -1.01. The van der Waals surface area contributed by atoms with E-state index >= 15 is 0 Å². The van der Waals surface area contributed by atoms with E-state index in [1.165, 1.54) is 17.4 Å². The zero-order valence-electron chi connectivity index (χ0n) is 9.26. The van der Waals surface area contributed by atoms with E-state index in [4.69, 9.17) is 5.11 Å². The molecule has 94 valence electrons. The number of hydrogen-bond donors (Lipinski definition) is 2. The van der Waals surface area contributed by atoms with Crippen molar-refractivity contribution in [3.8, 4) is 0 Å². The summed E-state index contributed by atoms with van der Waals surface area (Å²) in [6.07, 6.45) is 2.67. The molecular weight excluding hydrogens is 318 g/mol. The average molecular weight is 328 g/mol. The zero-order valence-corrected chi connectivity index (χ0v) is 11.7. The monoisotopic (exact) mass is 327 g/mol. The van der Waals surface area contributed by atoms with Crippen LogP contribution >= 0.6 is 27.3 Å². The Balaban J connectivity index is 1.96. The Morgan fingerprint density at radius 1 is 1.44 bits per heavy atom. The molecule has 2 aromatic heterocycles. The molecule has 0 radical (unpaired) electrons. The first kappa shape index (κ1) is 13.1. The summed E-state index contributed by atoms with van der Waals surface area (Å²) in [4.78, 5) is 19.8. The summed E-state index contributed by atoms with van der Waals surface area (Å²) in [6, 6.07) is 3.99. The Morgan fingerprint density at radius 2 is 2.28 bits per heavy atom. The van der Waals surface area contributed by atoms with Crippen LogP contribution in [0.25, 0.3) is 0 Å². The third-order valence-electron chi connectivity index (χ3n) is 2.25. The van der Waals surface area contributed by atoms with Gasteiger partial charge in [0.25, 0.3) is 0 Å². The number of thiophene rings is 1. The quantitative estimate of drug-likeness (QED) is 0.881. The van der Waals surface area contributed by atoms with E-state index in [0.717, 1.165) is 3.79 Å². The fraction of sp³-hybridized carbons (Fsp3) is 0.182. The van der Waals surface area contributed by atoms with Gasteiger partial charge in [-0.05, 0) is 28.1 Å². The Labute approximate surface area is 116 Å². The van der Waals surface area contributed by atoms with Crippen LogP contribution in [-0.2, 0) is 13.1 Å². The number of carboxylic acids is 1. The fourth-order valence-corrected chi connectivity index (χ4v) is 2.88. The number of rotatable bonds is 5. The van der Waals surface area contributed by atoms with E-state index in [9.17, 15) is 4.79 Å². The molecule has 0 saturated carbocycles. The molecule has 0 aromatic carbocycles. The summed E-state index contributed by atoms with van der Waals surface area (Å²) >= 11 is 5.03. The minimum absolute atomic E-state index is 0.136. The van der Waals surface area contributed by atoms with Crippen molar-refractivity contribution in [1.29, 1.82) is 0 Å². The van der Waals surface area contributed by atoms with Crippen LogP contribution in [0.15, 0.2) is 28.4 Å². The van der Waals surface area contributed by atoms with Crippen molar-refractivity contribution in [2.24, 2.45) is 0 Å². The summed E-state index contributed by atoms with van der Waals surface area (Å²) in [6.45, 7) is 1.08. The first-order chi connectivity index (χ1) is 8.66. The Hall–Kier alpha value is -1.31. The number of halogens is 1. The van der Waals surface area contributed by atoms with Crippen LogP contribution < -0.4 is 5.32 Å². The highest BCUT2D eigenvalue weighted by molar-refractivity contribution is 9.11. The summed E-state index contributed by atoms with van der Waals surface area (Å²) < 4.78 is 1.08. The molecule has 0 aliphatic heterocycles. The SMILES string of the molecule is O=C(O)c1cncnc1CNCc1ccc(Br)s1. The summed E-state index contributed by atoms with van der Waals surface area (Å²) in [5, 5.41) is 12.1. The normalized spacial score (nSPS) is 10.5. The maximum Gasteiger partial charge on any atom is 0.339 e. The van der Waals surface area contributed by atoms with Gasteiger partial charge in [-0.25, -0.2) is 14.8 Å². The number of nitrogens with one attached hydrogen (secondary N) is 1. The molecule has 0 spiro atoms. The average Bonchev–Trinajstić information content (AvgIpc) is 2.75. The lowest BCUT2D eigenvalue weighted by Gasteiger charge is -2.05. The second-order valence-corrected chi connectivity index (χ2v) is 6.05. The second-order valence-electron chi connectivity index (χ2n) is 3.50. The molecule has 0 amide bonds. The third kappa shape index (κ3) is 3.34. The number of carboxylic acid groups (broad SMARTS) is 1. The number of aromatic carboxylic acids is 1. The van der Waals surface area contributed by atoms with Crippen molar-refractivity contribution in [3.05, 3.63) is 44.6 Å². The van der Waals surface area contributed by atoms with E-state index in [1.807, 2.05) is 12.1 Å². The van der Waals surface area contributed by atoms with Gasteiger partial charge in [-0.1, -0.05) is 0 Å². The van der Waals surface area contributed by atoms with E-state index in [1.54, 1.807) is 11.3 Å². The lowest BCUT2D eigenvalue weighted by atomic mass is 10.2. The van der Waals surface area contributed by atoms with Crippen molar-refractivity contribution >= 4 is 33.2 Å². The standard InChI is InChI=1S/C11H10BrN3O2S/c12-10-2-1-7(18-10)3-13-5-9-8(11(16)17)4-14-6-15-9/h1-2,4,6,13H,3,5H2,(H,16,17). The Morgan fingerprint density at radius 3 is 2.94 bits per heavy atom. The molecule has 2 rings (SSSR count). The minimum atomic E-state index is -1.01. The zero-order chi connectivity index (χ0) is 13.0. The van der Waals surface area contributed by atoms with Crippen molar-refractivity contribution in [1.82, 2.24) is 15.3 Å². The first-order valence-corrected chi connectivity index (χ1v) is 6.75. The minimum Gasteiger partial charge on any atom is -0.478 e. The van der Waals surface area contributed by atoms with Crippen molar-refractivity contribution < 1.29 is 9.90 Å². The van der Waals surface area contributed by atoms with Gasteiger partial charge in [0.05, 0.1) is 9.48 Å². The maximum atomic E-state index is 10.9. The lowest BCUT2D eigenvalue weighted by molar-refractivity contribution is 0.0694. The molecule has 2 aromatic rings. The highest BCUT2D eigenvalue weighted by Gasteiger charge is 2.10.